The first-order valence-corrected chi connectivity index (χ1v) is 11.0. The summed E-state index contributed by atoms with van der Waals surface area (Å²) < 4.78 is 11.0. The van der Waals surface area contributed by atoms with Crippen LogP contribution in [0.15, 0.2) is 61.1 Å². The molecule has 4 heterocycles. The SMILES string of the molecule is COc1ccc(NC(=O)c2cccc(CNc3ncc(-c4ccnc(N)n4)c4c3CCO4)c2)nc1. The average Bonchev–Trinajstić information content (AvgIpc) is 3.38. The highest BCUT2D eigenvalue weighted by molar-refractivity contribution is 6.03. The van der Waals surface area contributed by atoms with Crippen LogP contribution < -0.4 is 25.8 Å². The van der Waals surface area contributed by atoms with Crippen molar-refractivity contribution in [1.82, 2.24) is 19.9 Å². The molecule has 35 heavy (non-hydrogen) atoms. The molecule has 5 rings (SSSR count). The molecule has 0 unspecified atom stereocenters. The van der Waals surface area contributed by atoms with Gasteiger partial charge in [0, 0.05) is 36.5 Å². The third-order valence-corrected chi connectivity index (χ3v) is 5.54. The second kappa shape index (κ2) is 9.64. The van der Waals surface area contributed by atoms with Crippen molar-refractivity contribution in [3.05, 3.63) is 77.7 Å². The normalized spacial score (nSPS) is 11.9. The van der Waals surface area contributed by atoms with Crippen LogP contribution in [-0.4, -0.2) is 39.6 Å². The number of anilines is 3. The lowest BCUT2D eigenvalue weighted by atomic mass is 10.1. The number of amides is 1. The Morgan fingerprint density at radius 3 is 2.86 bits per heavy atom. The van der Waals surface area contributed by atoms with Crippen molar-refractivity contribution in [1.29, 1.82) is 0 Å². The number of fused-ring (bicyclic) bond motifs is 1. The van der Waals surface area contributed by atoms with Crippen LogP contribution in [0.2, 0.25) is 0 Å². The summed E-state index contributed by atoms with van der Waals surface area (Å²) >= 11 is 0. The van der Waals surface area contributed by atoms with Crippen molar-refractivity contribution in [2.24, 2.45) is 0 Å². The molecule has 1 amide bonds. The molecule has 0 atom stereocenters. The Morgan fingerprint density at radius 2 is 2.06 bits per heavy atom. The number of carbonyl (C=O) groups excluding carboxylic acids is 1. The Labute approximate surface area is 201 Å². The lowest BCUT2D eigenvalue weighted by Gasteiger charge is -2.13. The molecular formula is C25H23N7O3. The summed E-state index contributed by atoms with van der Waals surface area (Å²) in [7, 11) is 1.56. The maximum atomic E-state index is 12.7. The van der Waals surface area contributed by atoms with Crippen LogP contribution in [0.3, 0.4) is 0 Å². The van der Waals surface area contributed by atoms with Crippen LogP contribution in [-0.2, 0) is 13.0 Å². The summed E-state index contributed by atoms with van der Waals surface area (Å²) in [5.41, 5.74) is 9.63. The number of rotatable bonds is 7. The van der Waals surface area contributed by atoms with Crippen molar-refractivity contribution in [2.75, 3.05) is 30.1 Å². The molecule has 0 spiro atoms. The van der Waals surface area contributed by atoms with Crippen LogP contribution in [0.1, 0.15) is 21.5 Å². The van der Waals surface area contributed by atoms with Gasteiger partial charge in [-0.05, 0) is 35.9 Å². The predicted molar refractivity (Wildman–Crippen MR) is 131 cm³/mol. The standard InChI is InChI=1S/C25H23N7O3/c1-34-17-5-6-21(28-13-17)32-24(33)16-4-2-3-15(11-16)12-29-23-18-8-10-35-22(18)19(14-30-23)20-7-9-27-25(26)31-20/h2-7,9,11,13-14H,8,10,12H2,1H3,(H,29,30)(H2,26,27,31)(H,28,32,33). The van der Waals surface area contributed by atoms with E-state index in [2.05, 4.69) is 30.6 Å². The molecule has 3 aromatic heterocycles. The van der Waals surface area contributed by atoms with Gasteiger partial charge < -0.3 is 25.8 Å². The van der Waals surface area contributed by atoms with Gasteiger partial charge in [0.1, 0.15) is 23.1 Å². The number of nitrogens with two attached hydrogens (primary N) is 1. The quantitative estimate of drug-likeness (QED) is 0.372. The maximum Gasteiger partial charge on any atom is 0.256 e. The number of methoxy groups -OCH3 is 1. The minimum Gasteiger partial charge on any atom is -0.495 e. The summed E-state index contributed by atoms with van der Waals surface area (Å²) in [5.74, 6) is 2.51. The minimum atomic E-state index is -0.245. The molecule has 4 aromatic rings. The zero-order valence-corrected chi connectivity index (χ0v) is 19.0. The highest BCUT2D eigenvalue weighted by Crippen LogP contribution is 2.39. The molecule has 1 aliphatic rings. The van der Waals surface area contributed by atoms with Crippen LogP contribution in [0.4, 0.5) is 17.6 Å². The first-order chi connectivity index (χ1) is 17.1. The number of benzene rings is 1. The van der Waals surface area contributed by atoms with Gasteiger partial charge in [-0.25, -0.2) is 19.9 Å². The van der Waals surface area contributed by atoms with Crippen molar-refractivity contribution in [3.8, 4) is 22.8 Å². The topological polar surface area (TPSA) is 137 Å². The molecule has 1 aromatic carbocycles. The van der Waals surface area contributed by atoms with Gasteiger partial charge in [0.15, 0.2) is 0 Å². The van der Waals surface area contributed by atoms with E-state index in [0.717, 1.165) is 34.7 Å². The summed E-state index contributed by atoms with van der Waals surface area (Å²) in [6.07, 6.45) is 5.62. The van der Waals surface area contributed by atoms with Crippen LogP contribution in [0, 0.1) is 0 Å². The van der Waals surface area contributed by atoms with Crippen molar-refractivity contribution in [3.63, 3.8) is 0 Å². The van der Waals surface area contributed by atoms with Crippen molar-refractivity contribution < 1.29 is 14.3 Å². The van der Waals surface area contributed by atoms with Crippen LogP contribution in [0.5, 0.6) is 11.5 Å². The van der Waals surface area contributed by atoms with E-state index in [9.17, 15) is 4.79 Å². The molecule has 0 saturated heterocycles. The molecule has 0 fully saturated rings. The molecule has 0 radical (unpaired) electrons. The van der Waals surface area contributed by atoms with Gasteiger partial charge in [-0.2, -0.15) is 0 Å². The molecule has 0 bridgehead atoms. The monoisotopic (exact) mass is 469 g/mol. The molecule has 10 nitrogen and oxygen atoms in total. The average molecular weight is 470 g/mol. The molecular weight excluding hydrogens is 446 g/mol. The summed E-state index contributed by atoms with van der Waals surface area (Å²) in [6, 6.07) is 12.6. The smallest absolute Gasteiger partial charge is 0.256 e. The number of ether oxygens (including phenoxy) is 2. The summed E-state index contributed by atoms with van der Waals surface area (Å²) in [6.45, 7) is 1.06. The maximum absolute atomic E-state index is 12.7. The highest BCUT2D eigenvalue weighted by Gasteiger charge is 2.23. The lowest BCUT2D eigenvalue weighted by Crippen LogP contribution is -2.13. The van der Waals surface area contributed by atoms with E-state index in [1.165, 1.54) is 0 Å². The highest BCUT2D eigenvalue weighted by atomic mass is 16.5. The van der Waals surface area contributed by atoms with E-state index in [1.54, 1.807) is 50.0 Å². The van der Waals surface area contributed by atoms with E-state index < -0.39 is 0 Å². The zero-order chi connectivity index (χ0) is 24.2. The van der Waals surface area contributed by atoms with Gasteiger partial charge >= 0.3 is 0 Å². The minimum absolute atomic E-state index is 0.197. The number of nitrogens with one attached hydrogen (secondary N) is 2. The number of aromatic nitrogens is 4. The van der Waals surface area contributed by atoms with Crippen LogP contribution in [0.25, 0.3) is 11.3 Å². The fourth-order valence-corrected chi connectivity index (χ4v) is 3.82. The number of nitrogen functional groups attached to an aromatic ring is 1. The Balaban J connectivity index is 1.30. The Morgan fingerprint density at radius 1 is 1.14 bits per heavy atom. The molecule has 1 aliphatic heterocycles. The first kappa shape index (κ1) is 22.1. The second-order valence-electron chi connectivity index (χ2n) is 7.82. The van der Waals surface area contributed by atoms with Crippen molar-refractivity contribution >= 4 is 23.5 Å². The van der Waals surface area contributed by atoms with Gasteiger partial charge in [0.25, 0.3) is 5.91 Å². The third kappa shape index (κ3) is 4.81. The molecule has 0 aliphatic carbocycles. The van der Waals surface area contributed by atoms with Gasteiger partial charge in [-0.15, -0.1) is 0 Å². The summed E-state index contributed by atoms with van der Waals surface area (Å²) in [5, 5.41) is 6.17. The second-order valence-corrected chi connectivity index (χ2v) is 7.82. The largest absolute Gasteiger partial charge is 0.495 e. The number of hydrogen-bond acceptors (Lipinski definition) is 9. The third-order valence-electron chi connectivity index (χ3n) is 5.54. The number of nitrogens with zero attached hydrogens (tertiary/aromatic N) is 4. The van der Waals surface area contributed by atoms with E-state index >= 15 is 0 Å². The Hall–Kier alpha value is -4.73. The number of carbonyl (C=O) groups is 1. The van der Waals surface area contributed by atoms with E-state index in [1.807, 2.05) is 18.2 Å². The van der Waals surface area contributed by atoms with Gasteiger partial charge in [-0.1, -0.05) is 12.1 Å². The van der Waals surface area contributed by atoms with Crippen molar-refractivity contribution in [2.45, 2.75) is 13.0 Å². The molecule has 176 valence electrons. The van der Waals surface area contributed by atoms with E-state index in [4.69, 9.17) is 15.2 Å². The van der Waals surface area contributed by atoms with E-state index in [-0.39, 0.29) is 11.9 Å². The van der Waals surface area contributed by atoms with Gasteiger partial charge in [0.2, 0.25) is 5.95 Å². The summed E-state index contributed by atoms with van der Waals surface area (Å²) in [4.78, 5) is 29.7. The lowest BCUT2D eigenvalue weighted by molar-refractivity contribution is 0.102. The van der Waals surface area contributed by atoms with E-state index in [0.29, 0.717) is 36.0 Å². The Kier molecular flexibility index (Phi) is 6.08. The Bertz CT molecular complexity index is 1380. The fraction of sp³-hybridized carbons (Fsp3) is 0.160. The van der Waals surface area contributed by atoms with Gasteiger partial charge in [0.05, 0.1) is 31.2 Å². The number of hydrogen-bond donors (Lipinski definition) is 3. The molecule has 10 heteroatoms. The number of pyridine rings is 2. The first-order valence-electron chi connectivity index (χ1n) is 11.0. The predicted octanol–water partition coefficient (Wildman–Crippen LogP) is 3.32. The zero-order valence-electron chi connectivity index (χ0n) is 19.0. The fourth-order valence-electron chi connectivity index (χ4n) is 3.82. The molecule has 0 saturated carbocycles. The van der Waals surface area contributed by atoms with Crippen LogP contribution >= 0.6 is 0 Å². The van der Waals surface area contributed by atoms with Gasteiger partial charge in [-0.3, -0.25) is 4.79 Å². The molecule has 4 N–H and O–H groups in total.